The van der Waals surface area contributed by atoms with Gasteiger partial charge in [-0.3, -0.25) is 4.90 Å². The van der Waals surface area contributed by atoms with Crippen LogP contribution in [0.25, 0.3) is 0 Å². The standard InChI is InChI=1S/C26H41N5.C13H15N.C3H5N3/c1-11-13-25(7)31-26(8)30(20-27-31)24(6)17-16-23(5)29(10)19-18-28(9)22(4)15-14-21(3)12-2;1-10-8-11(9-14)6-7-13(10)12-4-2-3-5-12;1-6-4-2-3-5-6/h14-17,20,25H,3-6,8,11-13,18-19H2,1-2,7,9-10H3;6-8,12H,2-5H2,1H3;2-3H,1H3/b15-14-,17-16-;;. The maximum absolute atomic E-state index is 8.77. The van der Waals surface area contributed by atoms with Crippen molar-refractivity contribution >= 4 is 6.34 Å². The van der Waals surface area contributed by atoms with Gasteiger partial charge in [-0.1, -0.05) is 83.7 Å². The molecule has 9 nitrogen and oxygen atoms in total. The van der Waals surface area contributed by atoms with Crippen LogP contribution in [0.2, 0.25) is 0 Å². The van der Waals surface area contributed by atoms with E-state index in [4.69, 9.17) is 5.26 Å². The summed E-state index contributed by atoms with van der Waals surface area (Å²) in [6.07, 6.45) is 21.5. The van der Waals surface area contributed by atoms with Crippen molar-refractivity contribution in [2.45, 2.75) is 84.6 Å². The van der Waals surface area contributed by atoms with E-state index in [0.29, 0.717) is 6.04 Å². The Labute approximate surface area is 308 Å². The molecule has 2 aromatic rings. The zero-order chi connectivity index (χ0) is 37.9. The average molecular weight is 692 g/mol. The molecular weight excluding hydrogens is 631 g/mol. The Bertz CT molecular complexity index is 1580. The largest absolute Gasteiger partial charge is 0.373 e. The van der Waals surface area contributed by atoms with Crippen molar-refractivity contribution in [1.29, 1.82) is 5.26 Å². The van der Waals surface area contributed by atoms with Crippen LogP contribution in [0.4, 0.5) is 0 Å². The molecule has 4 rings (SSSR count). The van der Waals surface area contributed by atoms with Gasteiger partial charge in [0.1, 0.15) is 12.2 Å². The molecule has 0 spiro atoms. The molecule has 2 heterocycles. The Morgan fingerprint density at radius 2 is 1.57 bits per heavy atom. The smallest absolute Gasteiger partial charge is 0.128 e. The van der Waals surface area contributed by atoms with Crippen LogP contribution in [0.15, 0.2) is 121 Å². The van der Waals surface area contributed by atoms with Gasteiger partial charge in [0, 0.05) is 51.3 Å². The van der Waals surface area contributed by atoms with Gasteiger partial charge in [0.05, 0.1) is 30.1 Å². The van der Waals surface area contributed by atoms with Crippen LogP contribution in [0.5, 0.6) is 0 Å². The van der Waals surface area contributed by atoms with Gasteiger partial charge in [-0.2, -0.15) is 25.4 Å². The predicted octanol–water partition coefficient (Wildman–Crippen LogP) is 9.03. The van der Waals surface area contributed by atoms with E-state index >= 15 is 0 Å². The number of hydrogen-bond donors (Lipinski definition) is 0. The van der Waals surface area contributed by atoms with Crippen LogP contribution in [-0.2, 0) is 7.05 Å². The fraction of sp³-hybridized carbons (Fsp3) is 0.429. The summed E-state index contributed by atoms with van der Waals surface area (Å²) in [5.74, 6) is 1.58. The summed E-state index contributed by atoms with van der Waals surface area (Å²) in [7, 11) is 5.85. The molecule has 1 saturated carbocycles. The number of benzene rings is 1. The number of hydrazone groups is 1. The minimum Gasteiger partial charge on any atom is -0.373 e. The van der Waals surface area contributed by atoms with E-state index in [-0.39, 0.29) is 0 Å². The summed E-state index contributed by atoms with van der Waals surface area (Å²) in [6, 6.07) is 8.60. The third-order valence-electron chi connectivity index (χ3n) is 9.18. The van der Waals surface area contributed by atoms with Crippen molar-refractivity contribution < 1.29 is 0 Å². The van der Waals surface area contributed by atoms with E-state index in [2.05, 4.69) is 97.8 Å². The molecule has 2 aliphatic rings. The lowest BCUT2D eigenvalue weighted by atomic mass is 9.92. The number of nitrogens with zero attached hydrogens (tertiary/aromatic N) is 9. The molecule has 274 valence electrons. The van der Waals surface area contributed by atoms with Crippen LogP contribution >= 0.6 is 0 Å². The van der Waals surface area contributed by atoms with Gasteiger partial charge >= 0.3 is 0 Å². The first-order chi connectivity index (χ1) is 24.3. The fourth-order valence-electron chi connectivity index (χ4n) is 5.67. The molecule has 1 aliphatic heterocycles. The third kappa shape index (κ3) is 14.0. The summed E-state index contributed by atoms with van der Waals surface area (Å²) in [6.45, 7) is 30.8. The van der Waals surface area contributed by atoms with Gasteiger partial charge in [-0.15, -0.1) is 0 Å². The van der Waals surface area contributed by atoms with Gasteiger partial charge in [0.25, 0.3) is 0 Å². The highest BCUT2D eigenvalue weighted by Crippen LogP contribution is 2.35. The van der Waals surface area contributed by atoms with Gasteiger partial charge in [0.15, 0.2) is 0 Å². The summed E-state index contributed by atoms with van der Waals surface area (Å²) in [4.78, 5) is 7.65. The van der Waals surface area contributed by atoms with Gasteiger partial charge in [0.2, 0.25) is 0 Å². The molecule has 9 heteroatoms. The summed E-state index contributed by atoms with van der Waals surface area (Å²) in [5, 5.41) is 22.6. The van der Waals surface area contributed by atoms with Crippen LogP contribution in [-0.4, -0.2) is 74.3 Å². The second-order valence-electron chi connectivity index (χ2n) is 13.2. The minimum atomic E-state index is 0.318. The van der Waals surface area contributed by atoms with Crippen LogP contribution in [0.1, 0.15) is 88.3 Å². The molecule has 51 heavy (non-hydrogen) atoms. The molecule has 0 N–H and O–H groups in total. The molecule has 0 radical (unpaired) electrons. The lowest BCUT2D eigenvalue weighted by molar-refractivity contribution is 0.253. The van der Waals surface area contributed by atoms with E-state index in [0.717, 1.165) is 72.3 Å². The van der Waals surface area contributed by atoms with Gasteiger partial charge < -0.3 is 9.80 Å². The second-order valence-corrected chi connectivity index (χ2v) is 13.2. The first-order valence-electron chi connectivity index (χ1n) is 18.0. The average Bonchev–Trinajstić information content (AvgIpc) is 3.92. The molecule has 1 unspecified atom stereocenters. The van der Waals surface area contributed by atoms with Gasteiger partial charge in [-0.05, 0) is 86.9 Å². The lowest BCUT2D eigenvalue weighted by Gasteiger charge is -2.27. The Balaban J connectivity index is 0.000000362. The van der Waals surface area contributed by atoms with Crippen molar-refractivity contribution in [1.82, 2.24) is 34.7 Å². The van der Waals surface area contributed by atoms with Crippen LogP contribution < -0.4 is 0 Å². The number of nitriles is 1. The molecule has 1 aromatic carbocycles. The zero-order valence-corrected chi connectivity index (χ0v) is 32.4. The summed E-state index contributed by atoms with van der Waals surface area (Å²) >= 11 is 0. The monoisotopic (exact) mass is 692 g/mol. The van der Waals surface area contributed by atoms with E-state index in [1.807, 2.05) is 60.4 Å². The number of aryl methyl sites for hydroxylation is 2. The molecule has 1 aromatic heterocycles. The highest BCUT2D eigenvalue weighted by molar-refractivity contribution is 5.64. The number of hydrogen-bond acceptors (Lipinski definition) is 8. The molecule has 1 aliphatic carbocycles. The third-order valence-corrected chi connectivity index (χ3v) is 9.18. The molecule has 0 bridgehead atoms. The fourth-order valence-corrected chi connectivity index (χ4v) is 5.67. The summed E-state index contributed by atoms with van der Waals surface area (Å²) in [5.41, 5.74) is 7.31. The van der Waals surface area contributed by atoms with Crippen molar-refractivity contribution in [2.24, 2.45) is 12.1 Å². The zero-order valence-electron chi connectivity index (χ0n) is 32.4. The Morgan fingerprint density at radius 3 is 2.06 bits per heavy atom. The SMILES string of the molecule is C=C(/C=C\C(=C)N(C)CCN(C)C(=C)/C=C\C(=C)N1C=NN(C(C)CCC)C1=C)CC.Cc1cc(C#N)ccc1C1CCCC1.Cn1nccn1. The predicted molar refractivity (Wildman–Crippen MR) is 214 cm³/mol. The maximum atomic E-state index is 8.77. The molecule has 1 atom stereocenters. The molecule has 0 saturated heterocycles. The lowest BCUT2D eigenvalue weighted by Crippen LogP contribution is -2.29. The van der Waals surface area contributed by atoms with Crippen LogP contribution in [0.3, 0.4) is 0 Å². The highest BCUT2D eigenvalue weighted by atomic mass is 15.6. The topological polar surface area (TPSA) is 79.8 Å². The first-order valence-corrected chi connectivity index (χ1v) is 18.0. The maximum Gasteiger partial charge on any atom is 0.128 e. The van der Waals surface area contributed by atoms with E-state index in [1.54, 1.807) is 25.8 Å². The highest BCUT2D eigenvalue weighted by Gasteiger charge is 2.24. The second kappa shape index (κ2) is 21.9. The molecule has 0 amide bonds. The number of likely N-dealkylation sites (N-methyl/N-ethyl adjacent to an activating group) is 2. The van der Waals surface area contributed by atoms with Crippen molar-refractivity contribution in [3.63, 3.8) is 0 Å². The minimum absolute atomic E-state index is 0.318. The van der Waals surface area contributed by atoms with Crippen LogP contribution in [0, 0.1) is 18.3 Å². The van der Waals surface area contributed by atoms with E-state index < -0.39 is 0 Å². The quantitative estimate of drug-likeness (QED) is 0.173. The van der Waals surface area contributed by atoms with Crippen molar-refractivity contribution in [2.75, 3.05) is 27.2 Å². The van der Waals surface area contributed by atoms with Crippen molar-refractivity contribution in [3.8, 4) is 6.07 Å². The van der Waals surface area contributed by atoms with Crippen molar-refractivity contribution in [3.05, 3.63) is 133 Å². The molecular formula is C42H61N9. The number of rotatable bonds is 15. The van der Waals surface area contributed by atoms with Gasteiger partial charge in [-0.25, -0.2) is 5.01 Å². The Hall–Kier alpha value is -5.10. The Morgan fingerprint density at radius 1 is 0.980 bits per heavy atom. The first kappa shape index (κ1) is 42.1. The summed E-state index contributed by atoms with van der Waals surface area (Å²) < 4.78 is 0. The Kier molecular flexibility index (Phi) is 18.0. The number of allylic oxidation sites excluding steroid dienone is 5. The van der Waals surface area contributed by atoms with E-state index in [1.165, 1.54) is 41.6 Å². The molecule has 1 fully saturated rings. The van der Waals surface area contributed by atoms with E-state index in [9.17, 15) is 0 Å². The number of aromatic nitrogens is 3. The normalized spacial score (nSPS) is 14.5.